The lowest BCUT2D eigenvalue weighted by Crippen LogP contribution is -2.32. The van der Waals surface area contributed by atoms with Crippen LogP contribution in [0.4, 0.5) is 5.00 Å². The van der Waals surface area contributed by atoms with E-state index in [1.54, 1.807) is 11.3 Å². The molecular weight excluding hydrogens is 236 g/mol. The summed E-state index contributed by atoms with van der Waals surface area (Å²) >= 11 is 1.55. The molecule has 1 aromatic heterocycles. The van der Waals surface area contributed by atoms with E-state index in [1.807, 2.05) is 12.1 Å². The first-order chi connectivity index (χ1) is 8.33. The van der Waals surface area contributed by atoms with Crippen molar-refractivity contribution in [1.29, 1.82) is 0 Å². The van der Waals surface area contributed by atoms with Crippen LogP contribution in [0.5, 0.6) is 0 Å². The van der Waals surface area contributed by atoms with E-state index >= 15 is 0 Å². The smallest absolute Gasteiger partial charge is 0.160 e. The number of rotatable bonds is 4. The van der Waals surface area contributed by atoms with Crippen molar-refractivity contribution in [1.82, 2.24) is 4.90 Å². The van der Waals surface area contributed by atoms with Crippen molar-refractivity contribution in [3.8, 4) is 0 Å². The number of hydrogen-bond acceptors (Lipinski definition) is 5. The quantitative estimate of drug-likeness (QED) is 0.816. The summed E-state index contributed by atoms with van der Waals surface area (Å²) in [4.78, 5) is 16.1. The summed E-state index contributed by atoms with van der Waals surface area (Å²) in [5.74, 6) is 0. The number of β-amino-alcohol motifs (C(OH)–C–C–N with tert-alkyl or cyclic N) is 1. The molecule has 1 aromatic rings. The highest BCUT2D eigenvalue weighted by Gasteiger charge is 2.15. The molecule has 5 heteroatoms. The average Bonchev–Trinajstić information content (AvgIpc) is 2.70. The first kappa shape index (κ1) is 12.5. The molecular formula is C12H18N2O2S. The number of carbonyl (C=O) groups is 1. The third-order valence-corrected chi connectivity index (χ3v) is 4.12. The van der Waals surface area contributed by atoms with Crippen LogP contribution in [0.25, 0.3) is 0 Å². The molecule has 1 saturated heterocycles. The SMILES string of the molecule is O=Cc1ccc(N2CCCN(CCO)CC2)s1. The summed E-state index contributed by atoms with van der Waals surface area (Å²) in [6.07, 6.45) is 2.01. The molecule has 4 nitrogen and oxygen atoms in total. The molecule has 2 rings (SSSR count). The molecule has 2 heterocycles. The third kappa shape index (κ3) is 3.28. The average molecular weight is 254 g/mol. The second-order valence-corrected chi connectivity index (χ2v) is 5.29. The Morgan fingerprint density at radius 2 is 2.18 bits per heavy atom. The Kier molecular flexibility index (Phi) is 4.53. The van der Waals surface area contributed by atoms with Gasteiger partial charge in [0.1, 0.15) is 0 Å². The van der Waals surface area contributed by atoms with Gasteiger partial charge in [-0.15, -0.1) is 11.3 Å². The van der Waals surface area contributed by atoms with Crippen LogP contribution in [0.3, 0.4) is 0 Å². The zero-order valence-corrected chi connectivity index (χ0v) is 10.7. The van der Waals surface area contributed by atoms with Crippen molar-refractivity contribution in [3.63, 3.8) is 0 Å². The molecule has 0 unspecified atom stereocenters. The van der Waals surface area contributed by atoms with Gasteiger partial charge in [0.25, 0.3) is 0 Å². The van der Waals surface area contributed by atoms with E-state index in [-0.39, 0.29) is 6.61 Å². The Labute approximate surface area is 105 Å². The van der Waals surface area contributed by atoms with Gasteiger partial charge >= 0.3 is 0 Å². The lowest BCUT2D eigenvalue weighted by Gasteiger charge is -2.21. The Morgan fingerprint density at radius 1 is 1.29 bits per heavy atom. The molecule has 1 N–H and O–H groups in total. The first-order valence-electron chi connectivity index (χ1n) is 5.96. The van der Waals surface area contributed by atoms with Crippen LogP contribution >= 0.6 is 11.3 Å². The third-order valence-electron chi connectivity index (χ3n) is 3.05. The number of anilines is 1. The largest absolute Gasteiger partial charge is 0.395 e. The summed E-state index contributed by atoms with van der Waals surface area (Å²) in [5, 5.41) is 10.1. The second kappa shape index (κ2) is 6.14. The molecule has 0 radical (unpaired) electrons. The highest BCUT2D eigenvalue weighted by Crippen LogP contribution is 2.25. The summed E-state index contributed by atoms with van der Waals surface area (Å²) in [6.45, 7) is 5.02. The van der Waals surface area contributed by atoms with Crippen LogP contribution in [0.2, 0.25) is 0 Å². The maximum Gasteiger partial charge on any atom is 0.160 e. The number of hydrogen-bond donors (Lipinski definition) is 1. The zero-order valence-electron chi connectivity index (χ0n) is 9.84. The molecule has 0 aromatic carbocycles. The number of aliphatic hydroxyl groups excluding tert-OH is 1. The van der Waals surface area contributed by atoms with E-state index in [4.69, 9.17) is 5.11 Å². The lowest BCUT2D eigenvalue weighted by molar-refractivity contribution is 0.112. The molecule has 0 saturated carbocycles. The molecule has 0 amide bonds. The molecule has 0 spiro atoms. The van der Waals surface area contributed by atoms with Gasteiger partial charge in [-0.1, -0.05) is 0 Å². The van der Waals surface area contributed by atoms with Gasteiger partial charge in [0.15, 0.2) is 6.29 Å². The predicted molar refractivity (Wildman–Crippen MR) is 70.1 cm³/mol. The van der Waals surface area contributed by atoms with Crippen LogP contribution in [-0.4, -0.2) is 55.6 Å². The van der Waals surface area contributed by atoms with Crippen molar-refractivity contribution in [2.24, 2.45) is 0 Å². The first-order valence-corrected chi connectivity index (χ1v) is 6.78. The van der Waals surface area contributed by atoms with Crippen LogP contribution in [-0.2, 0) is 0 Å². The molecule has 0 bridgehead atoms. The summed E-state index contributed by atoms with van der Waals surface area (Å²) in [6, 6.07) is 3.90. The van der Waals surface area contributed by atoms with Crippen molar-refractivity contribution in [3.05, 3.63) is 17.0 Å². The molecule has 1 aliphatic rings. The van der Waals surface area contributed by atoms with Gasteiger partial charge in [0, 0.05) is 26.2 Å². The number of nitrogens with zero attached hydrogens (tertiary/aromatic N) is 2. The van der Waals surface area contributed by atoms with Crippen LogP contribution in [0.1, 0.15) is 16.1 Å². The minimum atomic E-state index is 0.230. The van der Waals surface area contributed by atoms with E-state index < -0.39 is 0 Å². The Morgan fingerprint density at radius 3 is 2.88 bits per heavy atom. The monoisotopic (exact) mass is 254 g/mol. The summed E-state index contributed by atoms with van der Waals surface area (Å²) in [7, 11) is 0. The molecule has 1 aliphatic heterocycles. The van der Waals surface area contributed by atoms with Crippen LogP contribution < -0.4 is 4.90 Å². The standard InChI is InChI=1S/C12H18N2O2S/c15-9-8-13-4-1-5-14(7-6-13)12-3-2-11(10-16)17-12/h2-3,10,15H,1,4-9H2. The minimum Gasteiger partial charge on any atom is -0.395 e. The van der Waals surface area contributed by atoms with E-state index in [1.165, 1.54) is 5.00 Å². The number of carbonyl (C=O) groups excluding carboxylic acids is 1. The van der Waals surface area contributed by atoms with Crippen molar-refractivity contribution in [2.45, 2.75) is 6.42 Å². The zero-order chi connectivity index (χ0) is 12.1. The van der Waals surface area contributed by atoms with Gasteiger partial charge in [-0.05, 0) is 25.1 Å². The van der Waals surface area contributed by atoms with Gasteiger partial charge in [-0.3, -0.25) is 9.69 Å². The Bertz CT molecular complexity index is 367. The van der Waals surface area contributed by atoms with E-state index in [0.717, 1.165) is 50.3 Å². The van der Waals surface area contributed by atoms with Gasteiger partial charge in [0.2, 0.25) is 0 Å². The maximum atomic E-state index is 10.7. The minimum absolute atomic E-state index is 0.230. The van der Waals surface area contributed by atoms with Crippen molar-refractivity contribution >= 4 is 22.6 Å². The van der Waals surface area contributed by atoms with E-state index in [0.29, 0.717) is 0 Å². The lowest BCUT2D eigenvalue weighted by atomic mass is 10.4. The number of thiophene rings is 1. The fourth-order valence-corrected chi connectivity index (χ4v) is 3.01. The Hall–Kier alpha value is -0.910. The van der Waals surface area contributed by atoms with E-state index in [9.17, 15) is 4.79 Å². The summed E-state index contributed by atoms with van der Waals surface area (Å²) < 4.78 is 0. The predicted octanol–water partition coefficient (Wildman–Crippen LogP) is 1.07. The molecule has 0 aliphatic carbocycles. The Balaban J connectivity index is 1.96. The van der Waals surface area contributed by atoms with E-state index in [2.05, 4.69) is 9.80 Å². The van der Waals surface area contributed by atoms with Crippen LogP contribution in [0, 0.1) is 0 Å². The van der Waals surface area contributed by atoms with Crippen molar-refractivity contribution < 1.29 is 9.90 Å². The molecule has 94 valence electrons. The van der Waals surface area contributed by atoms with Gasteiger partial charge in [-0.2, -0.15) is 0 Å². The van der Waals surface area contributed by atoms with Gasteiger partial charge in [-0.25, -0.2) is 0 Å². The molecule has 17 heavy (non-hydrogen) atoms. The number of aliphatic hydroxyl groups is 1. The normalized spacial score (nSPS) is 18.1. The number of aldehydes is 1. The second-order valence-electron chi connectivity index (χ2n) is 4.20. The van der Waals surface area contributed by atoms with Gasteiger partial charge < -0.3 is 10.0 Å². The van der Waals surface area contributed by atoms with Crippen LogP contribution in [0.15, 0.2) is 12.1 Å². The topological polar surface area (TPSA) is 43.8 Å². The fourth-order valence-electron chi connectivity index (χ4n) is 2.13. The molecule has 1 fully saturated rings. The molecule has 0 atom stereocenters. The highest BCUT2D eigenvalue weighted by molar-refractivity contribution is 7.17. The fraction of sp³-hybridized carbons (Fsp3) is 0.583. The van der Waals surface area contributed by atoms with Gasteiger partial charge in [0.05, 0.1) is 16.5 Å². The van der Waals surface area contributed by atoms with Crippen molar-refractivity contribution in [2.75, 3.05) is 44.2 Å². The maximum absolute atomic E-state index is 10.7. The highest BCUT2D eigenvalue weighted by atomic mass is 32.1. The summed E-state index contributed by atoms with van der Waals surface area (Å²) in [5.41, 5.74) is 0.